The van der Waals surface area contributed by atoms with Gasteiger partial charge in [0, 0.05) is 23.2 Å². The lowest BCUT2D eigenvalue weighted by Gasteiger charge is -2.50. The molecule has 3 aliphatic carbocycles. The number of nitrogens with two attached hydrogens (primary N) is 1. The van der Waals surface area contributed by atoms with E-state index in [0.717, 1.165) is 0 Å². The van der Waals surface area contributed by atoms with Crippen LogP contribution in [0.4, 0.5) is 5.69 Å². The van der Waals surface area contributed by atoms with Gasteiger partial charge in [-0.05, 0) is 67.7 Å². The molecule has 0 saturated carbocycles. The molecule has 0 saturated heterocycles. The zero-order valence-corrected chi connectivity index (χ0v) is 23.6. The second-order valence-corrected chi connectivity index (χ2v) is 11.4. The maximum atomic E-state index is 14.0. The molecule has 0 spiro atoms. The molecule has 1 aromatic heterocycles. The lowest BCUT2D eigenvalue weighted by atomic mass is 9.58. The highest BCUT2D eigenvalue weighted by atomic mass is 16.5. The van der Waals surface area contributed by atoms with Crippen molar-refractivity contribution in [2.75, 3.05) is 19.4 Å². The summed E-state index contributed by atoms with van der Waals surface area (Å²) >= 11 is 0. The van der Waals surface area contributed by atoms with Crippen LogP contribution in [0.2, 0.25) is 0 Å². The molecule has 3 aliphatic rings. The fourth-order valence-corrected chi connectivity index (χ4v) is 6.81. The quantitative estimate of drug-likeness (QED) is 0.233. The molecule has 44 heavy (non-hydrogen) atoms. The number of aliphatic hydroxyl groups excluding tert-OH is 2. The Balaban J connectivity index is 1.45. The molecule has 6 rings (SSSR count). The fraction of sp³-hybridized carbons (Fsp3) is 0.258. The number of allylic oxidation sites excluding steroid dienone is 1. The Hall–Kier alpha value is -5.27. The van der Waals surface area contributed by atoms with Crippen molar-refractivity contribution in [2.24, 2.45) is 17.6 Å². The number of hydrogen-bond acceptors (Lipinski definition) is 11. The first-order valence-corrected chi connectivity index (χ1v) is 13.7. The Kier molecular flexibility index (Phi) is 6.67. The number of nitrogens with zero attached hydrogens (tertiary/aromatic N) is 2. The van der Waals surface area contributed by atoms with Crippen molar-refractivity contribution in [3.05, 3.63) is 88.2 Å². The average Bonchev–Trinajstić information content (AvgIpc) is 3.50. The molecule has 0 aliphatic heterocycles. The van der Waals surface area contributed by atoms with Crippen molar-refractivity contribution < 1.29 is 44.1 Å². The van der Waals surface area contributed by atoms with Crippen molar-refractivity contribution in [3.8, 4) is 16.9 Å². The summed E-state index contributed by atoms with van der Waals surface area (Å²) in [6.45, 7) is 0. The lowest BCUT2D eigenvalue weighted by Crippen LogP contribution is -2.63. The third kappa shape index (κ3) is 4.12. The maximum Gasteiger partial charge on any atom is 0.294 e. The van der Waals surface area contributed by atoms with E-state index in [1.807, 2.05) is 0 Å². The molecule has 2 aromatic carbocycles. The van der Waals surface area contributed by atoms with Gasteiger partial charge >= 0.3 is 0 Å². The van der Waals surface area contributed by atoms with E-state index < -0.39 is 64.0 Å². The molecule has 13 nitrogen and oxygen atoms in total. The third-order valence-electron chi connectivity index (χ3n) is 8.70. The number of ketones is 2. The van der Waals surface area contributed by atoms with E-state index in [1.165, 1.54) is 23.2 Å². The third-order valence-corrected chi connectivity index (χ3v) is 8.70. The van der Waals surface area contributed by atoms with Crippen LogP contribution < -0.4 is 11.1 Å². The Labute approximate surface area is 249 Å². The molecule has 2 amide bonds. The zero-order chi connectivity index (χ0) is 31.7. The molecule has 0 bridgehead atoms. The summed E-state index contributed by atoms with van der Waals surface area (Å²) < 4.78 is 4.90. The van der Waals surface area contributed by atoms with Gasteiger partial charge in [0.15, 0.2) is 11.4 Å². The number of primary amides is 1. The minimum atomic E-state index is -2.71. The van der Waals surface area contributed by atoms with Crippen molar-refractivity contribution in [2.45, 2.75) is 24.5 Å². The highest BCUT2D eigenvalue weighted by Crippen LogP contribution is 2.53. The molecule has 4 atom stereocenters. The Morgan fingerprint density at radius 1 is 1.11 bits per heavy atom. The van der Waals surface area contributed by atoms with Crippen LogP contribution in [-0.4, -0.2) is 79.6 Å². The van der Waals surface area contributed by atoms with Gasteiger partial charge in [0.25, 0.3) is 11.8 Å². The van der Waals surface area contributed by atoms with Gasteiger partial charge in [-0.15, -0.1) is 0 Å². The van der Waals surface area contributed by atoms with Gasteiger partial charge < -0.3 is 36.0 Å². The van der Waals surface area contributed by atoms with Gasteiger partial charge in [-0.3, -0.25) is 24.1 Å². The molecular formula is C31H28N4O9. The predicted molar refractivity (Wildman–Crippen MR) is 154 cm³/mol. The zero-order valence-electron chi connectivity index (χ0n) is 23.6. The topological polar surface area (TPSA) is 217 Å². The lowest BCUT2D eigenvalue weighted by molar-refractivity contribution is -0.148. The molecular weight excluding hydrogens is 572 g/mol. The molecule has 13 heteroatoms. The van der Waals surface area contributed by atoms with E-state index in [9.17, 15) is 39.6 Å². The molecule has 7 N–H and O–H groups in total. The SMILES string of the molecule is CN(C)C1C(O)=C(C(N)=O)C(=O)C2(O)C(O)=C3C(=O)c4c(O)ccc(-c5cccc(NC(=O)c6ccno6)c5)c4CC3CC12. The number of likely N-dealkylation sites (N-methyl/N-ethyl adjacent to an activating group) is 1. The summed E-state index contributed by atoms with van der Waals surface area (Å²) in [6.07, 6.45) is 1.43. The number of aromatic nitrogens is 1. The number of amides is 2. The van der Waals surface area contributed by atoms with Crippen LogP contribution in [0.25, 0.3) is 11.1 Å². The number of rotatable bonds is 5. The Morgan fingerprint density at radius 2 is 1.86 bits per heavy atom. The van der Waals surface area contributed by atoms with Crippen LogP contribution in [0.1, 0.15) is 32.9 Å². The van der Waals surface area contributed by atoms with Gasteiger partial charge in [0.2, 0.25) is 11.5 Å². The van der Waals surface area contributed by atoms with Crippen LogP contribution in [0, 0.1) is 11.8 Å². The number of hydrogen-bond donors (Lipinski definition) is 6. The van der Waals surface area contributed by atoms with Crippen LogP contribution >= 0.6 is 0 Å². The number of aliphatic hydroxyl groups is 3. The summed E-state index contributed by atoms with van der Waals surface area (Å²) in [5.41, 5.74) is 3.51. The molecule has 0 fully saturated rings. The van der Waals surface area contributed by atoms with Crippen molar-refractivity contribution >= 4 is 29.1 Å². The summed E-state index contributed by atoms with van der Waals surface area (Å²) in [5, 5.41) is 51.2. The number of anilines is 1. The van der Waals surface area contributed by atoms with E-state index in [-0.39, 0.29) is 35.5 Å². The van der Waals surface area contributed by atoms with Crippen molar-refractivity contribution in [3.63, 3.8) is 0 Å². The number of phenolic OH excluding ortho intramolecular Hbond substituents is 1. The van der Waals surface area contributed by atoms with E-state index in [4.69, 9.17) is 10.3 Å². The van der Waals surface area contributed by atoms with Gasteiger partial charge in [-0.25, -0.2) is 0 Å². The van der Waals surface area contributed by atoms with Gasteiger partial charge in [0.05, 0.1) is 17.8 Å². The normalized spacial score (nSPS) is 24.6. The standard InChI is InChI=1S/C31H28N4O9/c1-35(2)24-18-12-14-11-17-16(13-4-3-5-15(10-13)34-30(42)20-8-9-33-44-20)6-7-19(36)22(17)25(37)21(14)27(39)31(18,43)28(40)23(26(24)38)29(32)41/h3-10,14,18,24,36,38-39,43H,11-12H2,1-2H3,(H2,32,41)(H,34,42). The number of Topliss-reactive ketones (excluding diaryl/α,β-unsaturated/α-hetero) is 2. The van der Waals surface area contributed by atoms with Gasteiger partial charge in [0.1, 0.15) is 22.8 Å². The summed E-state index contributed by atoms with van der Waals surface area (Å²) in [7, 11) is 3.13. The maximum absolute atomic E-state index is 14.0. The van der Waals surface area contributed by atoms with Crippen LogP contribution in [0.5, 0.6) is 5.75 Å². The van der Waals surface area contributed by atoms with Crippen molar-refractivity contribution in [1.82, 2.24) is 10.1 Å². The van der Waals surface area contributed by atoms with E-state index >= 15 is 0 Å². The summed E-state index contributed by atoms with van der Waals surface area (Å²) in [5.74, 6) is -7.67. The van der Waals surface area contributed by atoms with Crippen LogP contribution in [0.15, 0.2) is 75.8 Å². The highest BCUT2D eigenvalue weighted by Gasteiger charge is 2.63. The minimum absolute atomic E-state index is 0.0143. The number of carbonyl (C=O) groups excluding carboxylic acids is 4. The highest BCUT2D eigenvalue weighted by molar-refractivity contribution is 6.25. The molecule has 3 aromatic rings. The second-order valence-electron chi connectivity index (χ2n) is 11.4. The minimum Gasteiger partial charge on any atom is -0.510 e. The Bertz CT molecular complexity index is 1820. The first kappa shape index (κ1) is 28.8. The fourth-order valence-electron chi connectivity index (χ4n) is 6.81. The van der Waals surface area contributed by atoms with Crippen LogP contribution in [-0.2, 0) is 16.0 Å². The second kappa shape index (κ2) is 10.2. The van der Waals surface area contributed by atoms with E-state index in [1.54, 1.807) is 44.4 Å². The number of benzene rings is 2. The predicted octanol–water partition coefficient (Wildman–Crippen LogP) is 2.03. The number of fused-ring (bicyclic) bond motifs is 3. The number of nitrogens with one attached hydrogen (secondary N) is 1. The number of aromatic hydroxyl groups is 1. The van der Waals surface area contributed by atoms with Gasteiger partial charge in [-0.2, -0.15) is 0 Å². The van der Waals surface area contributed by atoms with E-state index in [2.05, 4.69) is 10.5 Å². The largest absolute Gasteiger partial charge is 0.510 e. The number of phenols is 1. The molecule has 226 valence electrons. The Morgan fingerprint density at radius 3 is 2.52 bits per heavy atom. The van der Waals surface area contributed by atoms with Crippen LogP contribution in [0.3, 0.4) is 0 Å². The summed E-state index contributed by atoms with van der Waals surface area (Å²) in [4.78, 5) is 53.6. The molecule has 1 heterocycles. The average molecular weight is 601 g/mol. The monoisotopic (exact) mass is 600 g/mol. The summed E-state index contributed by atoms with van der Waals surface area (Å²) in [6, 6.07) is 10.1. The van der Waals surface area contributed by atoms with Gasteiger partial charge in [-0.1, -0.05) is 23.4 Å². The molecule has 0 radical (unpaired) electrons. The first-order valence-electron chi connectivity index (χ1n) is 13.7. The first-order chi connectivity index (χ1) is 20.9. The smallest absolute Gasteiger partial charge is 0.294 e. The van der Waals surface area contributed by atoms with E-state index in [0.29, 0.717) is 22.4 Å². The number of carbonyl (C=O) groups is 4. The molecule has 4 unspecified atom stereocenters. The van der Waals surface area contributed by atoms with Crippen molar-refractivity contribution in [1.29, 1.82) is 0 Å².